The smallest absolute Gasteiger partial charge is 0.294 e. The van der Waals surface area contributed by atoms with Crippen LogP contribution < -0.4 is 21.1 Å². The quantitative estimate of drug-likeness (QED) is 0.0546. The minimum Gasteiger partial charge on any atom is -0.370 e. The maximum Gasteiger partial charge on any atom is 0.294 e. The van der Waals surface area contributed by atoms with Gasteiger partial charge < -0.3 is 21.3 Å². The topological polar surface area (TPSA) is 229 Å². The number of hydrogen-bond acceptors (Lipinski definition) is 9. The molecular weight excluding hydrogens is 729 g/mol. The van der Waals surface area contributed by atoms with Crippen molar-refractivity contribution >= 4 is 71.6 Å². The number of guanidine groups is 1. The van der Waals surface area contributed by atoms with E-state index in [1.807, 2.05) is 19.1 Å². The number of carbonyl (C=O) groups excluding carboxylic acids is 3. The van der Waals surface area contributed by atoms with Crippen LogP contribution in [0.3, 0.4) is 0 Å². The first kappa shape index (κ1) is 40.0. The van der Waals surface area contributed by atoms with Crippen molar-refractivity contribution in [2.24, 2.45) is 11.7 Å². The Morgan fingerprint density at radius 1 is 1.00 bits per heavy atom. The summed E-state index contributed by atoms with van der Waals surface area (Å²) < 4.78 is 58.6. The number of sulfonamides is 1. The standard InChI is InChI=1S/C28H32N6O5S2.C7H8O3S/c29-28(30)34-13-5-6-18(17-34)15-31-26(36)23(16-32-27(37)25(35)22-9-3-4-10-24(22)40)33-41(38,39)21-12-11-19-7-1-2-8-20(19)14-21;1-6-2-4-7(5-3-6)11(8,9)10/h1-4,7-9,11-12,14,18,23,33H,5-6,10,13,15-17H2,(H3,29,30)(H,31,36)(H,32,37);2-5H,1H3,(H,8,9,10)/t18-,23+;/m0./s1. The van der Waals surface area contributed by atoms with Crippen LogP contribution in [-0.4, -0.2) is 86.9 Å². The minimum atomic E-state index is -4.20. The summed E-state index contributed by atoms with van der Waals surface area (Å²) in [6.07, 6.45) is 6.80. The fourth-order valence-corrected chi connectivity index (χ4v) is 7.42. The van der Waals surface area contributed by atoms with E-state index in [2.05, 4.69) is 15.4 Å². The van der Waals surface area contributed by atoms with Gasteiger partial charge in [-0.3, -0.25) is 24.3 Å². The molecule has 1 saturated heterocycles. The predicted octanol–water partition coefficient (Wildman–Crippen LogP) is 2.39. The van der Waals surface area contributed by atoms with E-state index < -0.39 is 50.3 Å². The van der Waals surface area contributed by atoms with E-state index in [9.17, 15) is 31.2 Å². The van der Waals surface area contributed by atoms with Crippen LogP contribution in [0.4, 0.5) is 0 Å². The molecule has 2 atom stereocenters. The second kappa shape index (κ2) is 17.6. The van der Waals surface area contributed by atoms with Crippen molar-refractivity contribution in [2.75, 3.05) is 26.2 Å². The van der Waals surface area contributed by atoms with Crippen LogP contribution in [-0.2, 0) is 34.5 Å². The van der Waals surface area contributed by atoms with E-state index in [4.69, 9.17) is 27.9 Å². The molecule has 1 fully saturated rings. The summed E-state index contributed by atoms with van der Waals surface area (Å²) in [5, 5.41) is 14.4. The Kier molecular flexibility index (Phi) is 13.5. The summed E-state index contributed by atoms with van der Waals surface area (Å²) in [7, 11) is -8.22. The van der Waals surface area contributed by atoms with E-state index in [-0.39, 0.29) is 33.8 Å². The van der Waals surface area contributed by atoms with E-state index in [1.54, 1.807) is 47.4 Å². The third-order valence-corrected chi connectivity index (χ3v) is 11.0. The summed E-state index contributed by atoms with van der Waals surface area (Å²) >= 11 is 5.18. The van der Waals surface area contributed by atoms with Gasteiger partial charge in [-0.2, -0.15) is 13.1 Å². The Labute approximate surface area is 307 Å². The maximum absolute atomic E-state index is 13.3. The van der Waals surface area contributed by atoms with Gasteiger partial charge in [-0.1, -0.05) is 78.5 Å². The number of amides is 2. The summed E-state index contributed by atoms with van der Waals surface area (Å²) in [4.78, 5) is 40.5. The maximum atomic E-state index is 13.3. The first-order valence-corrected chi connectivity index (χ1v) is 19.5. The third-order valence-electron chi connectivity index (χ3n) is 8.31. The molecule has 0 unspecified atom stereocenters. The Balaban J connectivity index is 0.000000470. The monoisotopic (exact) mass is 768 g/mol. The van der Waals surface area contributed by atoms with Gasteiger partial charge in [0.25, 0.3) is 21.8 Å². The van der Waals surface area contributed by atoms with Crippen LogP contribution in [0.5, 0.6) is 0 Å². The SMILES string of the molecule is Cc1ccc(S(=O)(=O)O)cc1.N=C(N)N1CCC[C@@H](CNC(=O)[C@@H](CNC(=O)C(=O)C2=CC=CCC2=S)NS(=O)(=O)c2ccc3ccccc3c2)C1. The molecule has 276 valence electrons. The number of piperidine rings is 1. The lowest BCUT2D eigenvalue weighted by atomic mass is 9.98. The zero-order valence-electron chi connectivity index (χ0n) is 28.2. The lowest BCUT2D eigenvalue weighted by Crippen LogP contribution is -2.54. The molecule has 17 heteroatoms. The Morgan fingerprint density at radius 3 is 2.33 bits per heavy atom. The highest BCUT2D eigenvalue weighted by Gasteiger charge is 2.30. The highest BCUT2D eigenvalue weighted by Crippen LogP contribution is 2.20. The molecule has 14 nitrogen and oxygen atoms in total. The van der Waals surface area contributed by atoms with Crippen molar-refractivity contribution in [2.45, 2.75) is 42.0 Å². The van der Waals surface area contributed by atoms with Gasteiger partial charge >= 0.3 is 0 Å². The molecule has 3 aromatic carbocycles. The van der Waals surface area contributed by atoms with Gasteiger partial charge in [0, 0.05) is 43.0 Å². The fraction of sp³-hybridized carbons (Fsp3) is 0.286. The van der Waals surface area contributed by atoms with Gasteiger partial charge in [0.15, 0.2) is 5.96 Å². The van der Waals surface area contributed by atoms with Crippen molar-refractivity contribution < 1.29 is 35.8 Å². The minimum absolute atomic E-state index is 0.00202. The number of fused-ring (bicyclic) bond motifs is 1. The normalized spacial score (nSPS) is 16.6. The summed E-state index contributed by atoms with van der Waals surface area (Å²) in [6.45, 7) is 2.73. The molecule has 0 spiro atoms. The van der Waals surface area contributed by atoms with Crippen molar-refractivity contribution in [3.8, 4) is 0 Å². The number of nitrogens with two attached hydrogens (primary N) is 1. The highest BCUT2D eigenvalue weighted by atomic mass is 32.2. The van der Waals surface area contributed by atoms with E-state index in [1.165, 1.54) is 30.3 Å². The molecule has 0 bridgehead atoms. The summed E-state index contributed by atoms with van der Waals surface area (Å²) in [5.74, 6) is -2.57. The van der Waals surface area contributed by atoms with Crippen molar-refractivity contribution in [3.63, 3.8) is 0 Å². The van der Waals surface area contributed by atoms with Crippen molar-refractivity contribution in [1.29, 1.82) is 5.41 Å². The summed E-state index contributed by atoms with van der Waals surface area (Å²) in [6, 6.07) is 16.4. The zero-order valence-corrected chi connectivity index (χ0v) is 30.7. The average molecular weight is 769 g/mol. The Bertz CT molecular complexity index is 2130. The molecule has 5 rings (SSSR count). The van der Waals surface area contributed by atoms with Crippen molar-refractivity contribution in [3.05, 3.63) is 96.1 Å². The average Bonchev–Trinajstić information content (AvgIpc) is 3.12. The molecule has 0 saturated carbocycles. The number of nitrogens with zero attached hydrogens (tertiary/aromatic N) is 1. The molecule has 1 aliphatic carbocycles. The van der Waals surface area contributed by atoms with Gasteiger partial charge in [0.2, 0.25) is 15.9 Å². The molecule has 52 heavy (non-hydrogen) atoms. The van der Waals surface area contributed by atoms with Crippen LogP contribution in [0.1, 0.15) is 24.8 Å². The number of rotatable bonds is 11. The highest BCUT2D eigenvalue weighted by molar-refractivity contribution is 7.89. The van der Waals surface area contributed by atoms with E-state index in [0.717, 1.165) is 23.8 Å². The zero-order chi connectivity index (χ0) is 38.1. The van der Waals surface area contributed by atoms with Gasteiger partial charge in [0.1, 0.15) is 6.04 Å². The van der Waals surface area contributed by atoms with E-state index in [0.29, 0.717) is 29.8 Å². The number of aryl methyl sites for hydroxylation is 1. The number of likely N-dealkylation sites (tertiary alicyclic amines) is 1. The molecule has 2 amide bonds. The number of nitrogens with one attached hydrogen (secondary N) is 4. The molecule has 0 aromatic heterocycles. The number of carbonyl (C=O) groups is 3. The number of ketones is 1. The molecule has 3 aromatic rings. The van der Waals surface area contributed by atoms with Crippen LogP contribution >= 0.6 is 12.2 Å². The van der Waals surface area contributed by atoms with Crippen LogP contribution in [0.25, 0.3) is 10.8 Å². The lowest BCUT2D eigenvalue weighted by molar-refractivity contribution is -0.135. The van der Waals surface area contributed by atoms with E-state index >= 15 is 0 Å². The number of hydrogen-bond donors (Lipinski definition) is 6. The van der Waals surface area contributed by atoms with Gasteiger partial charge in [-0.25, -0.2) is 8.42 Å². The summed E-state index contributed by atoms with van der Waals surface area (Å²) in [5.41, 5.74) is 6.65. The largest absolute Gasteiger partial charge is 0.370 e. The van der Waals surface area contributed by atoms with Crippen LogP contribution in [0.15, 0.2) is 100 Å². The number of thiocarbonyl (C=S) groups is 1. The number of Topliss-reactive ketones (excluding diaryl/α,β-unsaturated/α-hetero) is 1. The molecule has 2 aliphatic rings. The lowest BCUT2D eigenvalue weighted by Gasteiger charge is -2.33. The second-order valence-corrected chi connectivity index (χ2v) is 15.9. The first-order valence-electron chi connectivity index (χ1n) is 16.2. The fourth-order valence-electron chi connectivity index (χ4n) is 5.45. The van der Waals surface area contributed by atoms with Crippen LogP contribution in [0, 0.1) is 18.3 Å². The van der Waals surface area contributed by atoms with Crippen molar-refractivity contribution in [1.82, 2.24) is 20.3 Å². The molecule has 1 heterocycles. The Hall–Kier alpha value is -4.81. The molecular formula is C35H40N6O8S3. The second-order valence-electron chi connectivity index (χ2n) is 12.2. The predicted molar refractivity (Wildman–Crippen MR) is 201 cm³/mol. The Morgan fingerprint density at radius 2 is 1.67 bits per heavy atom. The first-order chi connectivity index (χ1) is 24.5. The van der Waals surface area contributed by atoms with Crippen LogP contribution in [0.2, 0.25) is 0 Å². The van der Waals surface area contributed by atoms with Gasteiger partial charge in [-0.05, 0) is 60.7 Å². The molecule has 0 radical (unpaired) electrons. The number of benzene rings is 3. The van der Waals surface area contributed by atoms with Gasteiger partial charge in [0.05, 0.1) is 9.79 Å². The molecule has 7 N–H and O–H groups in total. The number of allylic oxidation sites excluding steroid dienone is 3. The van der Waals surface area contributed by atoms with Gasteiger partial charge in [-0.15, -0.1) is 0 Å². The molecule has 1 aliphatic heterocycles. The third kappa shape index (κ3) is 11.1.